The molecule has 0 heterocycles. The summed E-state index contributed by atoms with van der Waals surface area (Å²) in [7, 11) is 0. The molecule has 0 radical (unpaired) electrons. The van der Waals surface area contributed by atoms with E-state index in [1.165, 1.54) is 12.8 Å². The van der Waals surface area contributed by atoms with E-state index < -0.39 is 6.04 Å². The summed E-state index contributed by atoms with van der Waals surface area (Å²) in [5.74, 6) is 0.841. The molecule has 2 aliphatic rings. The zero-order chi connectivity index (χ0) is 12.5. The first-order valence-corrected chi connectivity index (χ1v) is 6.86. The van der Waals surface area contributed by atoms with Gasteiger partial charge in [0.1, 0.15) is 6.04 Å². The van der Waals surface area contributed by atoms with E-state index in [-0.39, 0.29) is 5.91 Å². The lowest BCUT2D eigenvalue weighted by molar-refractivity contribution is -0.133. The first-order valence-electron chi connectivity index (χ1n) is 6.86. The Labute approximate surface area is 108 Å². The Balaban J connectivity index is 1.70. The SMILES string of the molecule is N[C@H](C(=O)N(CC1CC1)C1CC1)c1ccccc1. The van der Waals surface area contributed by atoms with E-state index in [0.717, 1.165) is 30.9 Å². The monoisotopic (exact) mass is 244 g/mol. The predicted molar refractivity (Wildman–Crippen MR) is 70.8 cm³/mol. The smallest absolute Gasteiger partial charge is 0.244 e. The highest BCUT2D eigenvalue weighted by atomic mass is 16.2. The number of rotatable bonds is 5. The largest absolute Gasteiger partial charge is 0.338 e. The van der Waals surface area contributed by atoms with Crippen molar-refractivity contribution in [2.24, 2.45) is 11.7 Å². The lowest BCUT2D eigenvalue weighted by Gasteiger charge is -2.25. The molecule has 1 aromatic rings. The van der Waals surface area contributed by atoms with Gasteiger partial charge in [-0.05, 0) is 37.2 Å². The van der Waals surface area contributed by atoms with E-state index in [0.29, 0.717) is 6.04 Å². The zero-order valence-corrected chi connectivity index (χ0v) is 10.6. The van der Waals surface area contributed by atoms with Crippen LogP contribution in [0.4, 0.5) is 0 Å². The van der Waals surface area contributed by atoms with Crippen molar-refractivity contribution in [3.63, 3.8) is 0 Å². The molecule has 0 spiro atoms. The standard InChI is InChI=1S/C15H20N2O/c16-14(12-4-2-1-3-5-12)15(18)17(13-8-9-13)10-11-6-7-11/h1-5,11,13-14H,6-10,16H2/t14-/m0/s1. The average Bonchev–Trinajstić information content (AvgIpc) is 3.28. The number of benzene rings is 1. The Hall–Kier alpha value is -1.35. The van der Waals surface area contributed by atoms with Crippen molar-refractivity contribution in [2.45, 2.75) is 37.8 Å². The lowest BCUT2D eigenvalue weighted by Crippen LogP contribution is -2.41. The molecule has 96 valence electrons. The highest BCUT2D eigenvalue weighted by Crippen LogP contribution is 2.35. The van der Waals surface area contributed by atoms with Gasteiger partial charge in [0.05, 0.1) is 0 Å². The van der Waals surface area contributed by atoms with E-state index in [1.807, 2.05) is 35.2 Å². The Morgan fingerprint density at radius 1 is 1.22 bits per heavy atom. The van der Waals surface area contributed by atoms with Crippen molar-refractivity contribution in [3.8, 4) is 0 Å². The Bertz CT molecular complexity index is 423. The molecule has 18 heavy (non-hydrogen) atoms. The summed E-state index contributed by atoms with van der Waals surface area (Å²) in [4.78, 5) is 14.5. The van der Waals surface area contributed by atoms with Crippen LogP contribution in [0.2, 0.25) is 0 Å². The Morgan fingerprint density at radius 2 is 1.89 bits per heavy atom. The highest BCUT2D eigenvalue weighted by molar-refractivity contribution is 5.83. The lowest BCUT2D eigenvalue weighted by atomic mass is 10.1. The van der Waals surface area contributed by atoms with Crippen molar-refractivity contribution in [1.29, 1.82) is 0 Å². The molecule has 0 aliphatic heterocycles. The molecule has 3 heteroatoms. The summed E-state index contributed by atoms with van der Waals surface area (Å²) in [6.45, 7) is 0.921. The summed E-state index contributed by atoms with van der Waals surface area (Å²) < 4.78 is 0. The quantitative estimate of drug-likeness (QED) is 0.862. The van der Waals surface area contributed by atoms with Crippen molar-refractivity contribution >= 4 is 5.91 Å². The molecule has 1 aromatic carbocycles. The fourth-order valence-corrected chi connectivity index (χ4v) is 2.37. The van der Waals surface area contributed by atoms with Gasteiger partial charge in [-0.1, -0.05) is 30.3 Å². The summed E-state index contributed by atoms with van der Waals surface area (Å²) in [6, 6.07) is 9.66. The maximum absolute atomic E-state index is 12.5. The van der Waals surface area contributed by atoms with Gasteiger partial charge in [-0.3, -0.25) is 4.79 Å². The zero-order valence-electron chi connectivity index (χ0n) is 10.6. The van der Waals surface area contributed by atoms with Crippen LogP contribution < -0.4 is 5.73 Å². The van der Waals surface area contributed by atoms with Gasteiger partial charge in [0.2, 0.25) is 5.91 Å². The molecule has 2 N–H and O–H groups in total. The molecule has 3 nitrogen and oxygen atoms in total. The van der Waals surface area contributed by atoms with E-state index in [1.54, 1.807) is 0 Å². The van der Waals surface area contributed by atoms with Crippen molar-refractivity contribution < 1.29 is 4.79 Å². The third-order valence-corrected chi connectivity index (χ3v) is 3.85. The molecule has 1 atom stereocenters. The van der Waals surface area contributed by atoms with Crippen LogP contribution in [0, 0.1) is 5.92 Å². The predicted octanol–water partition coefficient (Wildman–Crippen LogP) is 2.09. The second-order valence-electron chi connectivity index (χ2n) is 5.55. The van der Waals surface area contributed by atoms with Crippen LogP contribution in [0.5, 0.6) is 0 Å². The van der Waals surface area contributed by atoms with Crippen LogP contribution in [0.3, 0.4) is 0 Å². The van der Waals surface area contributed by atoms with Crippen LogP contribution >= 0.6 is 0 Å². The van der Waals surface area contributed by atoms with Gasteiger partial charge in [0, 0.05) is 12.6 Å². The van der Waals surface area contributed by atoms with Gasteiger partial charge in [0.15, 0.2) is 0 Å². The van der Waals surface area contributed by atoms with Gasteiger partial charge in [0.25, 0.3) is 0 Å². The maximum atomic E-state index is 12.5. The second kappa shape index (κ2) is 4.73. The molecular weight excluding hydrogens is 224 g/mol. The molecule has 1 amide bonds. The van der Waals surface area contributed by atoms with Gasteiger partial charge in [-0.2, -0.15) is 0 Å². The Kier molecular flexibility index (Phi) is 3.08. The topological polar surface area (TPSA) is 46.3 Å². The second-order valence-corrected chi connectivity index (χ2v) is 5.55. The summed E-state index contributed by atoms with van der Waals surface area (Å²) in [5.41, 5.74) is 7.03. The highest BCUT2D eigenvalue weighted by Gasteiger charge is 2.38. The number of nitrogens with two attached hydrogens (primary N) is 1. The van der Waals surface area contributed by atoms with Crippen LogP contribution in [-0.4, -0.2) is 23.4 Å². The van der Waals surface area contributed by atoms with Crippen molar-refractivity contribution in [1.82, 2.24) is 4.90 Å². The van der Waals surface area contributed by atoms with Gasteiger partial charge >= 0.3 is 0 Å². The fourth-order valence-electron chi connectivity index (χ4n) is 2.37. The van der Waals surface area contributed by atoms with Gasteiger partial charge in [-0.25, -0.2) is 0 Å². The van der Waals surface area contributed by atoms with Crippen LogP contribution in [0.1, 0.15) is 37.3 Å². The summed E-state index contributed by atoms with van der Waals surface area (Å²) in [6.07, 6.45) is 4.86. The first-order chi connectivity index (χ1) is 8.75. The third-order valence-electron chi connectivity index (χ3n) is 3.85. The van der Waals surface area contributed by atoms with E-state index >= 15 is 0 Å². The van der Waals surface area contributed by atoms with Gasteiger partial charge in [-0.15, -0.1) is 0 Å². The molecule has 2 fully saturated rings. The van der Waals surface area contributed by atoms with Gasteiger partial charge < -0.3 is 10.6 Å². The van der Waals surface area contributed by atoms with E-state index in [9.17, 15) is 4.79 Å². The molecule has 0 aromatic heterocycles. The van der Waals surface area contributed by atoms with Crippen LogP contribution in [0.25, 0.3) is 0 Å². The normalized spacial score (nSPS) is 20.5. The van der Waals surface area contributed by atoms with Crippen LogP contribution in [-0.2, 0) is 4.79 Å². The van der Waals surface area contributed by atoms with E-state index in [2.05, 4.69) is 0 Å². The number of amides is 1. The first kappa shape index (κ1) is 11.7. The third kappa shape index (κ3) is 2.56. The number of carbonyl (C=O) groups excluding carboxylic acids is 1. The number of hydrogen-bond donors (Lipinski definition) is 1. The number of carbonyl (C=O) groups is 1. The van der Waals surface area contributed by atoms with E-state index in [4.69, 9.17) is 5.73 Å². The minimum atomic E-state index is -0.495. The molecule has 3 rings (SSSR count). The van der Waals surface area contributed by atoms with Crippen molar-refractivity contribution in [3.05, 3.63) is 35.9 Å². The fraction of sp³-hybridized carbons (Fsp3) is 0.533. The summed E-state index contributed by atoms with van der Waals surface area (Å²) in [5, 5.41) is 0. The minimum Gasteiger partial charge on any atom is -0.338 e. The maximum Gasteiger partial charge on any atom is 0.244 e. The molecule has 2 saturated carbocycles. The Morgan fingerprint density at radius 3 is 2.44 bits per heavy atom. The minimum absolute atomic E-state index is 0.107. The van der Waals surface area contributed by atoms with Crippen molar-refractivity contribution in [2.75, 3.05) is 6.54 Å². The summed E-state index contributed by atoms with van der Waals surface area (Å²) >= 11 is 0. The number of hydrogen-bond acceptors (Lipinski definition) is 2. The molecule has 0 saturated heterocycles. The average molecular weight is 244 g/mol. The molecular formula is C15H20N2O. The number of nitrogens with zero attached hydrogens (tertiary/aromatic N) is 1. The molecule has 2 aliphatic carbocycles. The molecule has 0 unspecified atom stereocenters. The molecule has 0 bridgehead atoms. The van der Waals surface area contributed by atoms with Crippen LogP contribution in [0.15, 0.2) is 30.3 Å².